The highest BCUT2D eigenvalue weighted by molar-refractivity contribution is 9.10. The standard InChI is InChI=1S/C16H12BrClN2O/c17-13-3-1-11(2-4-13)16-12(10-21)9-20(19-16)15-7-5-14(18)6-8-15/h1-9,21H,10H2. The van der Waals surface area contributed by atoms with E-state index < -0.39 is 0 Å². The molecule has 0 aliphatic rings. The van der Waals surface area contributed by atoms with Crippen molar-refractivity contribution < 1.29 is 5.11 Å². The Morgan fingerprint density at radius 2 is 1.71 bits per heavy atom. The molecule has 0 saturated heterocycles. The Bertz CT molecular complexity index is 751. The highest BCUT2D eigenvalue weighted by atomic mass is 79.9. The maximum absolute atomic E-state index is 9.55. The van der Waals surface area contributed by atoms with Crippen LogP contribution in [0.5, 0.6) is 0 Å². The molecule has 3 aromatic rings. The summed E-state index contributed by atoms with van der Waals surface area (Å²) in [5, 5.41) is 14.8. The topological polar surface area (TPSA) is 38.0 Å². The van der Waals surface area contributed by atoms with Crippen LogP contribution in [-0.2, 0) is 6.61 Å². The van der Waals surface area contributed by atoms with Crippen molar-refractivity contribution in [1.29, 1.82) is 0 Å². The molecule has 0 atom stereocenters. The van der Waals surface area contributed by atoms with E-state index in [1.165, 1.54) is 0 Å². The van der Waals surface area contributed by atoms with Gasteiger partial charge in [-0.3, -0.25) is 0 Å². The van der Waals surface area contributed by atoms with Gasteiger partial charge < -0.3 is 5.11 Å². The molecule has 0 fully saturated rings. The van der Waals surface area contributed by atoms with Gasteiger partial charge in [-0.05, 0) is 36.4 Å². The molecule has 0 saturated carbocycles. The van der Waals surface area contributed by atoms with Crippen molar-refractivity contribution in [2.75, 3.05) is 0 Å². The number of rotatable bonds is 3. The number of aliphatic hydroxyl groups excluding tert-OH is 1. The lowest BCUT2D eigenvalue weighted by molar-refractivity contribution is 0.282. The zero-order chi connectivity index (χ0) is 14.8. The molecule has 21 heavy (non-hydrogen) atoms. The van der Waals surface area contributed by atoms with Crippen LogP contribution in [0.3, 0.4) is 0 Å². The predicted molar refractivity (Wildman–Crippen MR) is 87.6 cm³/mol. The Kier molecular flexibility index (Phi) is 4.10. The van der Waals surface area contributed by atoms with Crippen LogP contribution in [0.15, 0.2) is 59.2 Å². The Labute approximate surface area is 135 Å². The zero-order valence-corrected chi connectivity index (χ0v) is 13.3. The average Bonchev–Trinajstić information content (AvgIpc) is 2.93. The molecule has 1 N–H and O–H groups in total. The lowest BCUT2D eigenvalue weighted by Gasteiger charge is -2.01. The zero-order valence-electron chi connectivity index (χ0n) is 11.0. The summed E-state index contributed by atoms with van der Waals surface area (Å²) in [6.07, 6.45) is 1.83. The minimum absolute atomic E-state index is 0.0566. The van der Waals surface area contributed by atoms with Crippen molar-refractivity contribution in [1.82, 2.24) is 9.78 Å². The number of hydrogen-bond donors (Lipinski definition) is 1. The van der Waals surface area contributed by atoms with Gasteiger partial charge >= 0.3 is 0 Å². The van der Waals surface area contributed by atoms with Crippen LogP contribution in [-0.4, -0.2) is 14.9 Å². The van der Waals surface area contributed by atoms with Crippen molar-refractivity contribution in [3.05, 3.63) is 69.8 Å². The monoisotopic (exact) mass is 362 g/mol. The van der Waals surface area contributed by atoms with Crippen molar-refractivity contribution in [2.45, 2.75) is 6.61 Å². The molecule has 1 aromatic heterocycles. The molecule has 2 aromatic carbocycles. The highest BCUT2D eigenvalue weighted by Crippen LogP contribution is 2.25. The quantitative estimate of drug-likeness (QED) is 0.746. The van der Waals surface area contributed by atoms with Crippen LogP contribution in [0.25, 0.3) is 16.9 Å². The first-order valence-electron chi connectivity index (χ1n) is 6.38. The van der Waals surface area contributed by atoms with Gasteiger partial charge in [-0.1, -0.05) is 39.7 Å². The van der Waals surface area contributed by atoms with Crippen LogP contribution in [0.2, 0.25) is 5.02 Å². The van der Waals surface area contributed by atoms with Gasteiger partial charge in [0.25, 0.3) is 0 Å². The van der Waals surface area contributed by atoms with Crippen molar-refractivity contribution in [3.63, 3.8) is 0 Å². The number of nitrogens with zero attached hydrogens (tertiary/aromatic N) is 2. The normalized spacial score (nSPS) is 10.8. The molecule has 0 bridgehead atoms. The largest absolute Gasteiger partial charge is 0.392 e. The van der Waals surface area contributed by atoms with E-state index in [1.807, 2.05) is 54.7 Å². The first-order chi connectivity index (χ1) is 10.2. The van der Waals surface area contributed by atoms with E-state index in [2.05, 4.69) is 21.0 Å². The lowest BCUT2D eigenvalue weighted by Crippen LogP contribution is -1.94. The smallest absolute Gasteiger partial charge is 0.0982 e. The fourth-order valence-corrected chi connectivity index (χ4v) is 2.49. The maximum Gasteiger partial charge on any atom is 0.0982 e. The van der Waals surface area contributed by atoms with Gasteiger partial charge in [0.2, 0.25) is 0 Å². The van der Waals surface area contributed by atoms with Crippen LogP contribution >= 0.6 is 27.5 Å². The number of halogens is 2. The summed E-state index contributed by atoms with van der Waals surface area (Å²) < 4.78 is 2.76. The fourth-order valence-electron chi connectivity index (χ4n) is 2.10. The van der Waals surface area contributed by atoms with Crippen LogP contribution in [0.1, 0.15) is 5.56 Å². The van der Waals surface area contributed by atoms with Gasteiger partial charge in [-0.25, -0.2) is 4.68 Å². The highest BCUT2D eigenvalue weighted by Gasteiger charge is 2.11. The Balaban J connectivity index is 2.05. The summed E-state index contributed by atoms with van der Waals surface area (Å²) >= 11 is 9.31. The summed E-state index contributed by atoms with van der Waals surface area (Å²) in [6.45, 7) is -0.0566. The second kappa shape index (κ2) is 6.02. The van der Waals surface area contributed by atoms with Gasteiger partial charge in [0.05, 0.1) is 18.0 Å². The number of aliphatic hydroxyl groups is 1. The Morgan fingerprint density at radius 3 is 2.33 bits per heavy atom. The van der Waals surface area contributed by atoms with Crippen LogP contribution in [0, 0.1) is 0 Å². The van der Waals surface area contributed by atoms with Gasteiger partial charge in [-0.2, -0.15) is 5.10 Å². The van der Waals surface area contributed by atoms with Crippen molar-refractivity contribution >= 4 is 27.5 Å². The molecule has 0 unspecified atom stereocenters. The average molecular weight is 364 g/mol. The molecular formula is C16H12BrClN2O. The molecule has 3 rings (SSSR count). The maximum atomic E-state index is 9.55. The van der Waals surface area contributed by atoms with E-state index in [0.717, 1.165) is 27.0 Å². The molecule has 0 radical (unpaired) electrons. The van der Waals surface area contributed by atoms with E-state index in [0.29, 0.717) is 5.02 Å². The number of hydrogen-bond acceptors (Lipinski definition) is 2. The molecule has 3 nitrogen and oxygen atoms in total. The second-order valence-electron chi connectivity index (χ2n) is 4.59. The molecule has 106 valence electrons. The first-order valence-corrected chi connectivity index (χ1v) is 7.56. The van der Waals surface area contributed by atoms with Crippen LogP contribution in [0.4, 0.5) is 0 Å². The Morgan fingerprint density at radius 1 is 1.05 bits per heavy atom. The lowest BCUT2D eigenvalue weighted by atomic mass is 10.1. The number of benzene rings is 2. The minimum atomic E-state index is -0.0566. The summed E-state index contributed by atoms with van der Waals surface area (Å²) in [4.78, 5) is 0. The molecular weight excluding hydrogens is 352 g/mol. The number of aromatic nitrogens is 2. The second-order valence-corrected chi connectivity index (χ2v) is 5.94. The predicted octanol–water partition coefficient (Wildman–Crippen LogP) is 4.45. The Hall–Kier alpha value is -1.62. The van der Waals surface area contributed by atoms with Gasteiger partial charge in [-0.15, -0.1) is 0 Å². The molecule has 0 aliphatic heterocycles. The molecule has 0 amide bonds. The minimum Gasteiger partial charge on any atom is -0.392 e. The summed E-state index contributed by atoms with van der Waals surface area (Å²) in [7, 11) is 0. The van der Waals surface area contributed by atoms with E-state index in [1.54, 1.807) is 4.68 Å². The third-order valence-corrected chi connectivity index (χ3v) is 3.95. The summed E-state index contributed by atoms with van der Waals surface area (Å²) in [5.74, 6) is 0. The van der Waals surface area contributed by atoms with E-state index in [4.69, 9.17) is 11.6 Å². The molecule has 0 aliphatic carbocycles. The van der Waals surface area contributed by atoms with Gasteiger partial charge in [0, 0.05) is 26.8 Å². The summed E-state index contributed by atoms with van der Waals surface area (Å²) in [6, 6.07) is 15.3. The van der Waals surface area contributed by atoms with Gasteiger partial charge in [0.15, 0.2) is 0 Å². The van der Waals surface area contributed by atoms with Gasteiger partial charge in [0.1, 0.15) is 0 Å². The van der Waals surface area contributed by atoms with Crippen molar-refractivity contribution in [2.24, 2.45) is 0 Å². The van der Waals surface area contributed by atoms with E-state index in [-0.39, 0.29) is 6.61 Å². The molecule has 1 heterocycles. The first kappa shape index (κ1) is 14.3. The van der Waals surface area contributed by atoms with Crippen LogP contribution < -0.4 is 0 Å². The molecule has 5 heteroatoms. The molecule has 0 spiro atoms. The SMILES string of the molecule is OCc1cn(-c2ccc(Cl)cc2)nc1-c1ccc(Br)cc1. The third-order valence-electron chi connectivity index (χ3n) is 3.17. The van der Waals surface area contributed by atoms with E-state index in [9.17, 15) is 5.11 Å². The van der Waals surface area contributed by atoms with E-state index >= 15 is 0 Å². The summed E-state index contributed by atoms with van der Waals surface area (Å²) in [5.41, 5.74) is 3.43. The third kappa shape index (κ3) is 3.02. The fraction of sp³-hybridized carbons (Fsp3) is 0.0625. The van der Waals surface area contributed by atoms with Crippen molar-refractivity contribution in [3.8, 4) is 16.9 Å².